The molecular formula is C22H25N3O4S. The molecule has 1 aliphatic heterocycles. The van der Waals surface area contributed by atoms with Gasteiger partial charge in [-0.15, -0.1) is 11.3 Å². The van der Waals surface area contributed by atoms with Crippen molar-refractivity contribution in [2.24, 2.45) is 0 Å². The van der Waals surface area contributed by atoms with E-state index < -0.39 is 11.8 Å². The lowest BCUT2D eigenvalue weighted by atomic mass is 9.93. The van der Waals surface area contributed by atoms with Crippen LogP contribution in [0.3, 0.4) is 0 Å². The molecule has 158 valence electrons. The Bertz CT molecular complexity index is 987. The summed E-state index contributed by atoms with van der Waals surface area (Å²) in [5.74, 6) is -0.815. The number of carbonyl (C=O) groups excluding carboxylic acids is 2. The first kappa shape index (κ1) is 21.8. The first-order chi connectivity index (χ1) is 14.2. The molecular weight excluding hydrogens is 402 g/mol. The zero-order valence-corrected chi connectivity index (χ0v) is 18.3. The number of benzene rings is 1. The number of fused-ring (bicyclic) bond motifs is 1. The minimum Gasteiger partial charge on any atom is -0.491 e. The summed E-state index contributed by atoms with van der Waals surface area (Å²) in [5, 5.41) is 15.1. The van der Waals surface area contributed by atoms with Crippen LogP contribution in [-0.2, 0) is 33.9 Å². The van der Waals surface area contributed by atoms with E-state index in [1.165, 1.54) is 11.3 Å². The summed E-state index contributed by atoms with van der Waals surface area (Å²) in [4.78, 5) is 25.5. The van der Waals surface area contributed by atoms with Crippen molar-refractivity contribution in [3.8, 4) is 11.8 Å². The average molecular weight is 428 g/mol. The van der Waals surface area contributed by atoms with E-state index in [9.17, 15) is 14.9 Å². The van der Waals surface area contributed by atoms with Crippen LogP contribution in [0.15, 0.2) is 24.3 Å². The van der Waals surface area contributed by atoms with Crippen LogP contribution in [0.2, 0.25) is 0 Å². The summed E-state index contributed by atoms with van der Waals surface area (Å²) >= 11 is 1.28. The number of ether oxygens (including phenoxy) is 2. The van der Waals surface area contributed by atoms with Crippen molar-refractivity contribution in [2.75, 3.05) is 5.32 Å². The van der Waals surface area contributed by atoms with Gasteiger partial charge in [0, 0.05) is 17.8 Å². The summed E-state index contributed by atoms with van der Waals surface area (Å²) < 4.78 is 11.4. The predicted octanol–water partition coefficient (Wildman–Crippen LogP) is 3.51. The van der Waals surface area contributed by atoms with Gasteiger partial charge >= 0.3 is 11.8 Å². The lowest BCUT2D eigenvalue weighted by molar-refractivity contribution is -0.136. The SMILES string of the molecule is CC(C)Oc1ccc(CNC(=O)C(=O)Nc2sc3c(c2C#N)CC(C)(C)OC3)cc1. The van der Waals surface area contributed by atoms with Gasteiger partial charge in [-0.3, -0.25) is 9.59 Å². The maximum Gasteiger partial charge on any atom is 0.314 e. The quantitative estimate of drug-likeness (QED) is 0.711. The van der Waals surface area contributed by atoms with E-state index in [1.54, 1.807) is 0 Å². The number of anilines is 1. The molecule has 2 N–H and O–H groups in total. The van der Waals surface area contributed by atoms with Crippen LogP contribution in [0, 0.1) is 11.3 Å². The zero-order chi connectivity index (χ0) is 21.9. The molecule has 8 heteroatoms. The average Bonchev–Trinajstić information content (AvgIpc) is 3.01. The number of thiophene rings is 1. The van der Waals surface area contributed by atoms with Crippen molar-refractivity contribution in [1.29, 1.82) is 5.26 Å². The molecule has 1 aromatic heterocycles. The van der Waals surface area contributed by atoms with Crippen molar-refractivity contribution < 1.29 is 19.1 Å². The number of carbonyl (C=O) groups is 2. The Labute approximate surface area is 180 Å². The highest BCUT2D eigenvalue weighted by Gasteiger charge is 2.32. The molecule has 2 heterocycles. The monoisotopic (exact) mass is 427 g/mol. The Balaban J connectivity index is 1.61. The van der Waals surface area contributed by atoms with Crippen LogP contribution in [0.25, 0.3) is 0 Å². The molecule has 2 amide bonds. The maximum atomic E-state index is 12.3. The van der Waals surface area contributed by atoms with Gasteiger partial charge in [0.2, 0.25) is 0 Å². The smallest absolute Gasteiger partial charge is 0.314 e. The third kappa shape index (κ3) is 5.17. The molecule has 1 aromatic carbocycles. The van der Waals surface area contributed by atoms with Crippen LogP contribution in [0.4, 0.5) is 5.00 Å². The number of nitriles is 1. The number of nitrogens with one attached hydrogen (secondary N) is 2. The van der Waals surface area contributed by atoms with E-state index in [4.69, 9.17) is 9.47 Å². The van der Waals surface area contributed by atoms with Crippen LogP contribution in [0.5, 0.6) is 5.75 Å². The molecule has 7 nitrogen and oxygen atoms in total. The van der Waals surface area contributed by atoms with Gasteiger partial charge < -0.3 is 20.1 Å². The van der Waals surface area contributed by atoms with E-state index in [0.29, 0.717) is 23.6 Å². The molecule has 1 aliphatic rings. The van der Waals surface area contributed by atoms with Crippen molar-refractivity contribution in [3.05, 3.63) is 45.8 Å². The number of nitrogens with zero attached hydrogens (tertiary/aromatic N) is 1. The fourth-order valence-electron chi connectivity index (χ4n) is 3.14. The van der Waals surface area contributed by atoms with Crippen molar-refractivity contribution in [3.63, 3.8) is 0 Å². The van der Waals surface area contributed by atoms with Gasteiger partial charge in [-0.2, -0.15) is 5.26 Å². The van der Waals surface area contributed by atoms with E-state index in [2.05, 4.69) is 16.7 Å². The predicted molar refractivity (Wildman–Crippen MR) is 114 cm³/mol. The third-order valence-electron chi connectivity index (χ3n) is 4.58. The van der Waals surface area contributed by atoms with Crippen LogP contribution >= 0.6 is 11.3 Å². The van der Waals surface area contributed by atoms with Gasteiger partial charge in [0.1, 0.15) is 16.8 Å². The maximum absolute atomic E-state index is 12.3. The first-order valence-electron chi connectivity index (χ1n) is 9.72. The minimum absolute atomic E-state index is 0.0816. The molecule has 0 saturated heterocycles. The Morgan fingerprint density at radius 1 is 1.27 bits per heavy atom. The molecule has 0 atom stereocenters. The van der Waals surface area contributed by atoms with Gasteiger partial charge in [0.15, 0.2) is 0 Å². The summed E-state index contributed by atoms with van der Waals surface area (Å²) in [7, 11) is 0. The second-order valence-electron chi connectivity index (χ2n) is 7.99. The largest absolute Gasteiger partial charge is 0.491 e. The van der Waals surface area contributed by atoms with Crippen LogP contribution in [-0.4, -0.2) is 23.5 Å². The molecule has 0 aliphatic carbocycles. The van der Waals surface area contributed by atoms with Gasteiger partial charge in [0.05, 0.1) is 23.9 Å². The second kappa shape index (κ2) is 8.86. The first-order valence-corrected chi connectivity index (χ1v) is 10.5. The molecule has 30 heavy (non-hydrogen) atoms. The number of amides is 2. The molecule has 0 radical (unpaired) electrons. The Hall–Kier alpha value is -2.89. The lowest BCUT2D eigenvalue weighted by Crippen LogP contribution is -2.35. The van der Waals surface area contributed by atoms with E-state index in [-0.39, 0.29) is 18.2 Å². The molecule has 0 saturated carbocycles. The molecule has 0 bridgehead atoms. The summed E-state index contributed by atoms with van der Waals surface area (Å²) in [6.45, 7) is 8.41. The van der Waals surface area contributed by atoms with Gasteiger partial charge in [-0.25, -0.2) is 0 Å². The third-order valence-corrected chi connectivity index (χ3v) is 5.70. The molecule has 0 fully saturated rings. The van der Waals surface area contributed by atoms with E-state index in [1.807, 2.05) is 52.0 Å². The van der Waals surface area contributed by atoms with Crippen LogP contribution < -0.4 is 15.4 Å². The van der Waals surface area contributed by atoms with Gasteiger partial charge in [0.25, 0.3) is 0 Å². The van der Waals surface area contributed by atoms with Gasteiger partial charge in [-0.1, -0.05) is 12.1 Å². The lowest BCUT2D eigenvalue weighted by Gasteiger charge is -2.29. The van der Waals surface area contributed by atoms with E-state index in [0.717, 1.165) is 21.8 Å². The highest BCUT2D eigenvalue weighted by atomic mass is 32.1. The van der Waals surface area contributed by atoms with E-state index >= 15 is 0 Å². The molecule has 3 rings (SSSR count). The topological polar surface area (TPSA) is 100 Å². The normalized spacial score (nSPS) is 14.5. The van der Waals surface area contributed by atoms with Crippen molar-refractivity contribution in [1.82, 2.24) is 5.32 Å². The van der Waals surface area contributed by atoms with Crippen molar-refractivity contribution in [2.45, 2.75) is 59.0 Å². The molecule has 2 aromatic rings. The number of hydrogen-bond acceptors (Lipinski definition) is 6. The molecule has 0 unspecified atom stereocenters. The summed E-state index contributed by atoms with van der Waals surface area (Å²) in [6, 6.07) is 9.46. The minimum atomic E-state index is -0.801. The van der Waals surface area contributed by atoms with Crippen LogP contribution in [0.1, 0.15) is 49.3 Å². The standard InChI is InChI=1S/C22H25N3O4S/c1-13(2)29-15-7-5-14(6-8-15)11-24-19(26)20(27)25-21-17(10-23)16-9-22(3,4)28-12-18(16)30-21/h5-8,13H,9,11-12H2,1-4H3,(H,24,26)(H,25,27). The summed E-state index contributed by atoms with van der Waals surface area (Å²) in [6.07, 6.45) is 0.665. The fraction of sp³-hybridized carbons (Fsp3) is 0.409. The van der Waals surface area contributed by atoms with Gasteiger partial charge in [-0.05, 0) is 51.0 Å². The highest BCUT2D eigenvalue weighted by Crippen LogP contribution is 2.39. The fourth-order valence-corrected chi connectivity index (χ4v) is 4.22. The van der Waals surface area contributed by atoms with Crippen molar-refractivity contribution >= 4 is 28.2 Å². The second-order valence-corrected chi connectivity index (χ2v) is 9.10. The Kier molecular flexibility index (Phi) is 6.44. The Morgan fingerprint density at radius 2 is 1.97 bits per heavy atom. The molecule has 0 spiro atoms. The number of hydrogen-bond donors (Lipinski definition) is 2. The summed E-state index contributed by atoms with van der Waals surface area (Å²) in [5.41, 5.74) is 1.77. The number of rotatable bonds is 5. The highest BCUT2D eigenvalue weighted by molar-refractivity contribution is 7.16. The zero-order valence-electron chi connectivity index (χ0n) is 17.5. The Morgan fingerprint density at radius 3 is 2.60 bits per heavy atom.